The van der Waals surface area contributed by atoms with Gasteiger partial charge in [-0.15, -0.1) is 0 Å². The van der Waals surface area contributed by atoms with E-state index in [1.54, 1.807) is 18.4 Å². The van der Waals surface area contributed by atoms with Gasteiger partial charge in [-0.1, -0.05) is 33.3 Å². The molecule has 26 heavy (non-hydrogen) atoms. The number of halogens is 1. The maximum atomic E-state index is 14.2. The van der Waals surface area contributed by atoms with E-state index in [4.69, 9.17) is 4.74 Å². The van der Waals surface area contributed by atoms with E-state index in [1.807, 2.05) is 13.8 Å². The number of hydrogen-bond acceptors (Lipinski definition) is 4. The standard InChI is InChI=1S/C17H23BFNO4.C2H6/c1-10(2)14(19)9-13-11(3)20(12-7-5-6-8-12)16(18(22)23)15(13)17(21)24-4;1-2/h9,12,22-23H,3,5-8H2,1-2,4H3;1-2H3/b13-9+;. The Morgan fingerprint density at radius 1 is 1.31 bits per heavy atom. The number of aromatic nitrogens is 1. The summed E-state index contributed by atoms with van der Waals surface area (Å²) >= 11 is 0. The molecule has 1 heterocycles. The topological polar surface area (TPSA) is 71.7 Å². The Labute approximate surface area is 154 Å². The van der Waals surface area contributed by atoms with Gasteiger partial charge in [-0.2, -0.15) is 0 Å². The predicted octanol–water partition coefficient (Wildman–Crippen LogP) is 1.55. The van der Waals surface area contributed by atoms with Crippen LogP contribution in [0.1, 0.15) is 69.8 Å². The van der Waals surface area contributed by atoms with Crippen molar-refractivity contribution in [1.29, 1.82) is 0 Å². The molecule has 0 bridgehead atoms. The molecule has 1 aromatic heterocycles. The van der Waals surface area contributed by atoms with Gasteiger partial charge in [-0.25, -0.2) is 9.18 Å². The second kappa shape index (κ2) is 9.74. The molecule has 0 saturated heterocycles. The first kappa shape index (κ1) is 22.2. The third-order valence-corrected chi connectivity index (χ3v) is 4.46. The molecule has 7 heteroatoms. The van der Waals surface area contributed by atoms with Crippen molar-refractivity contribution in [2.24, 2.45) is 0 Å². The van der Waals surface area contributed by atoms with Crippen LogP contribution < -0.4 is 16.2 Å². The highest BCUT2D eigenvalue weighted by Crippen LogP contribution is 2.27. The van der Waals surface area contributed by atoms with Crippen LogP contribution in [0.25, 0.3) is 12.7 Å². The first-order chi connectivity index (χ1) is 12.3. The minimum atomic E-state index is -1.88. The van der Waals surface area contributed by atoms with Crippen LogP contribution >= 0.6 is 0 Å². The van der Waals surface area contributed by atoms with E-state index in [9.17, 15) is 19.2 Å². The van der Waals surface area contributed by atoms with E-state index >= 15 is 0 Å². The summed E-state index contributed by atoms with van der Waals surface area (Å²) in [5, 5.41) is 20.3. The lowest BCUT2D eigenvalue weighted by molar-refractivity contribution is 0.0600. The average Bonchev–Trinajstić information content (AvgIpc) is 3.23. The largest absolute Gasteiger partial charge is 0.506 e. The fourth-order valence-corrected chi connectivity index (χ4v) is 3.25. The van der Waals surface area contributed by atoms with Crippen molar-refractivity contribution >= 4 is 31.3 Å². The molecule has 2 N–H and O–H groups in total. The van der Waals surface area contributed by atoms with Gasteiger partial charge in [-0.05, 0) is 38.3 Å². The number of esters is 1. The number of methoxy groups -OCH3 is 1. The van der Waals surface area contributed by atoms with Crippen LogP contribution in [-0.2, 0) is 4.74 Å². The van der Waals surface area contributed by atoms with Crippen LogP contribution in [0.4, 0.5) is 4.39 Å². The molecule has 144 valence electrons. The molecule has 2 rings (SSSR count). The summed E-state index contributed by atoms with van der Waals surface area (Å²) in [6.07, 6.45) is 4.93. The van der Waals surface area contributed by atoms with E-state index in [1.165, 1.54) is 13.2 Å². The first-order valence-electron chi connectivity index (χ1n) is 9.01. The van der Waals surface area contributed by atoms with Crippen LogP contribution in [0.5, 0.6) is 0 Å². The fourth-order valence-electron chi connectivity index (χ4n) is 3.25. The molecule has 0 radical (unpaired) electrons. The lowest BCUT2D eigenvalue weighted by Gasteiger charge is -2.17. The number of ether oxygens (including phenoxy) is 1. The molecule has 5 nitrogen and oxygen atoms in total. The smallest absolute Gasteiger partial charge is 0.465 e. The van der Waals surface area contributed by atoms with Gasteiger partial charge >= 0.3 is 13.1 Å². The van der Waals surface area contributed by atoms with Crippen molar-refractivity contribution in [3.63, 3.8) is 0 Å². The molecule has 0 amide bonds. The SMILES string of the molecule is C=c1/c(=C\C(F)=C(C)C)c(C(=O)OC)c(B(O)O)n1C1CCCC1.CC. The third-order valence-electron chi connectivity index (χ3n) is 4.46. The van der Waals surface area contributed by atoms with Gasteiger partial charge in [0.2, 0.25) is 0 Å². The average molecular weight is 365 g/mol. The summed E-state index contributed by atoms with van der Waals surface area (Å²) in [6.45, 7) is 11.2. The first-order valence-corrected chi connectivity index (χ1v) is 9.01. The molecule has 1 saturated carbocycles. The number of carbonyl (C=O) groups is 1. The van der Waals surface area contributed by atoms with E-state index in [2.05, 4.69) is 6.58 Å². The van der Waals surface area contributed by atoms with Crippen LogP contribution in [0.2, 0.25) is 0 Å². The van der Waals surface area contributed by atoms with E-state index < -0.39 is 18.9 Å². The molecule has 0 aliphatic heterocycles. The monoisotopic (exact) mass is 365 g/mol. The van der Waals surface area contributed by atoms with Gasteiger partial charge in [0.15, 0.2) is 0 Å². The maximum absolute atomic E-state index is 14.2. The third kappa shape index (κ3) is 4.45. The van der Waals surface area contributed by atoms with E-state index in [0.717, 1.165) is 25.7 Å². The number of hydrogen-bond donors (Lipinski definition) is 2. The second-order valence-electron chi connectivity index (χ2n) is 6.29. The van der Waals surface area contributed by atoms with Crippen molar-refractivity contribution in [3.8, 4) is 0 Å². The summed E-state index contributed by atoms with van der Waals surface area (Å²) in [5.41, 5.74) is 0.428. The van der Waals surface area contributed by atoms with Crippen molar-refractivity contribution < 1.29 is 24.0 Å². The Morgan fingerprint density at radius 3 is 2.27 bits per heavy atom. The number of nitrogens with zero attached hydrogens (tertiary/aromatic N) is 1. The van der Waals surface area contributed by atoms with E-state index in [-0.39, 0.29) is 22.4 Å². The van der Waals surface area contributed by atoms with Crippen molar-refractivity contribution in [3.05, 3.63) is 27.5 Å². The van der Waals surface area contributed by atoms with Crippen LogP contribution in [0, 0.1) is 0 Å². The van der Waals surface area contributed by atoms with E-state index in [0.29, 0.717) is 10.9 Å². The molecule has 0 unspecified atom stereocenters. The second-order valence-corrected chi connectivity index (χ2v) is 6.29. The van der Waals surface area contributed by atoms with Gasteiger partial charge in [-0.3, -0.25) is 0 Å². The summed E-state index contributed by atoms with van der Waals surface area (Å²) in [4.78, 5) is 12.2. The Hall–Kier alpha value is -1.86. The Kier molecular flexibility index (Phi) is 8.31. The predicted molar refractivity (Wildman–Crippen MR) is 103 cm³/mol. The van der Waals surface area contributed by atoms with Crippen molar-refractivity contribution in [2.75, 3.05) is 7.11 Å². The summed E-state index contributed by atoms with van der Waals surface area (Å²) in [6, 6.07) is 0.00891. The maximum Gasteiger partial charge on any atom is 0.506 e. The fraction of sp³-hybridized carbons (Fsp3) is 0.526. The Balaban J connectivity index is 0.00000163. The molecule has 0 aromatic carbocycles. The van der Waals surface area contributed by atoms with Crippen molar-refractivity contribution in [2.45, 2.75) is 59.4 Å². The Morgan fingerprint density at radius 2 is 1.85 bits per heavy atom. The molecule has 1 aliphatic rings. The van der Waals surface area contributed by atoms with Gasteiger partial charge in [0.1, 0.15) is 5.83 Å². The molecule has 1 aromatic rings. The Bertz CT molecular complexity index is 772. The number of carbonyl (C=O) groups excluding carboxylic acids is 1. The van der Waals surface area contributed by atoms with Crippen LogP contribution in [0.3, 0.4) is 0 Å². The quantitative estimate of drug-likeness (QED) is 0.628. The van der Waals surface area contributed by atoms with Crippen molar-refractivity contribution in [1.82, 2.24) is 4.57 Å². The molecule has 1 aliphatic carbocycles. The molecular weight excluding hydrogens is 336 g/mol. The summed E-state index contributed by atoms with van der Waals surface area (Å²) in [7, 11) is -0.677. The molecular formula is C19H29BFNO4. The molecule has 1 fully saturated rings. The van der Waals surface area contributed by atoms with Gasteiger partial charge in [0.25, 0.3) is 0 Å². The normalized spacial score (nSPS) is 14.7. The minimum absolute atomic E-state index is 0.00891. The molecule has 0 spiro atoms. The number of rotatable bonds is 4. The van der Waals surface area contributed by atoms with Gasteiger partial charge in [0, 0.05) is 16.6 Å². The zero-order valence-corrected chi connectivity index (χ0v) is 16.3. The highest BCUT2D eigenvalue weighted by molar-refractivity contribution is 6.59. The van der Waals surface area contributed by atoms with Crippen LogP contribution in [-0.4, -0.2) is 34.8 Å². The van der Waals surface area contributed by atoms with Gasteiger partial charge in [0.05, 0.1) is 18.3 Å². The zero-order chi connectivity index (χ0) is 20.0. The highest BCUT2D eigenvalue weighted by Gasteiger charge is 2.32. The van der Waals surface area contributed by atoms with Gasteiger partial charge < -0.3 is 19.4 Å². The summed E-state index contributed by atoms with van der Waals surface area (Å²) in [5.74, 6) is -1.24. The lowest BCUT2D eigenvalue weighted by Crippen LogP contribution is -2.43. The summed E-state index contributed by atoms with van der Waals surface area (Å²) < 4.78 is 20.6. The minimum Gasteiger partial charge on any atom is -0.465 e. The lowest BCUT2D eigenvalue weighted by atomic mass is 9.82. The zero-order valence-electron chi connectivity index (χ0n) is 16.3. The molecule has 0 atom stereocenters. The number of allylic oxidation sites excluding steroid dienone is 2. The highest BCUT2D eigenvalue weighted by atomic mass is 19.1. The van der Waals surface area contributed by atoms with Crippen LogP contribution in [0.15, 0.2) is 11.4 Å².